The molecule has 0 fully saturated rings. The van der Waals surface area contributed by atoms with Gasteiger partial charge in [0, 0.05) is 12.1 Å². The number of benzene rings is 2. The van der Waals surface area contributed by atoms with Gasteiger partial charge in [0.25, 0.3) is 10.0 Å². The summed E-state index contributed by atoms with van der Waals surface area (Å²) in [6.45, 7) is 0. The molecule has 100 valence electrons. The van der Waals surface area contributed by atoms with Gasteiger partial charge in [0.15, 0.2) is 17.5 Å². The number of hydrogen-bond acceptors (Lipinski definition) is 2. The summed E-state index contributed by atoms with van der Waals surface area (Å²) in [7, 11) is -3.97. The molecule has 0 aliphatic heterocycles. The van der Waals surface area contributed by atoms with Gasteiger partial charge in [-0.3, -0.25) is 4.72 Å². The Morgan fingerprint density at radius 3 is 1.95 bits per heavy atom. The molecule has 2 aromatic carbocycles. The van der Waals surface area contributed by atoms with Crippen LogP contribution in [-0.2, 0) is 10.0 Å². The third kappa shape index (κ3) is 2.87. The Labute approximate surface area is 107 Å². The standard InChI is InChI=1S/C12H8F3NO2S/c13-10-6-8(7-11(14)12(10)15)16-19(17,18)9-4-2-1-3-5-9/h1-7,16H. The van der Waals surface area contributed by atoms with Crippen LogP contribution in [-0.4, -0.2) is 8.42 Å². The molecule has 2 rings (SSSR count). The third-order valence-electron chi connectivity index (χ3n) is 2.29. The monoisotopic (exact) mass is 287 g/mol. The zero-order valence-corrected chi connectivity index (χ0v) is 10.2. The molecule has 3 nitrogen and oxygen atoms in total. The Kier molecular flexibility index (Phi) is 3.48. The van der Waals surface area contributed by atoms with E-state index in [-0.39, 0.29) is 10.6 Å². The first-order valence-electron chi connectivity index (χ1n) is 5.12. The molecular formula is C12H8F3NO2S. The second-order valence-electron chi connectivity index (χ2n) is 3.67. The lowest BCUT2D eigenvalue weighted by Gasteiger charge is -2.08. The highest BCUT2D eigenvalue weighted by molar-refractivity contribution is 7.92. The number of anilines is 1. The first kappa shape index (κ1) is 13.4. The molecule has 19 heavy (non-hydrogen) atoms. The Bertz CT molecular complexity index is 679. The molecular weight excluding hydrogens is 279 g/mol. The summed E-state index contributed by atoms with van der Waals surface area (Å²) in [6.07, 6.45) is 0. The first-order valence-corrected chi connectivity index (χ1v) is 6.61. The summed E-state index contributed by atoms with van der Waals surface area (Å²) in [5, 5.41) is 0. The Balaban J connectivity index is 2.37. The van der Waals surface area contributed by atoms with E-state index < -0.39 is 27.5 Å². The van der Waals surface area contributed by atoms with Gasteiger partial charge in [-0.15, -0.1) is 0 Å². The smallest absolute Gasteiger partial charge is 0.261 e. The lowest BCUT2D eigenvalue weighted by molar-refractivity contribution is 0.448. The van der Waals surface area contributed by atoms with Gasteiger partial charge in [-0.1, -0.05) is 18.2 Å². The number of sulfonamides is 1. The molecule has 0 heterocycles. The van der Waals surface area contributed by atoms with E-state index in [4.69, 9.17) is 0 Å². The molecule has 0 atom stereocenters. The van der Waals surface area contributed by atoms with Crippen molar-refractivity contribution in [3.63, 3.8) is 0 Å². The van der Waals surface area contributed by atoms with Gasteiger partial charge in [0.05, 0.1) is 10.6 Å². The molecule has 0 saturated heterocycles. The maximum atomic E-state index is 13.0. The van der Waals surface area contributed by atoms with E-state index in [9.17, 15) is 21.6 Å². The fraction of sp³-hybridized carbons (Fsp3) is 0. The van der Waals surface area contributed by atoms with Crippen LogP contribution in [0.25, 0.3) is 0 Å². The van der Waals surface area contributed by atoms with E-state index in [1.807, 2.05) is 4.72 Å². The summed E-state index contributed by atoms with van der Waals surface area (Å²) >= 11 is 0. The largest absolute Gasteiger partial charge is 0.279 e. The summed E-state index contributed by atoms with van der Waals surface area (Å²) in [6, 6.07) is 8.39. The van der Waals surface area contributed by atoms with E-state index >= 15 is 0 Å². The molecule has 0 unspecified atom stereocenters. The van der Waals surface area contributed by atoms with Crippen LogP contribution < -0.4 is 4.72 Å². The van der Waals surface area contributed by atoms with E-state index in [1.54, 1.807) is 6.07 Å². The molecule has 0 aromatic heterocycles. The Hall–Kier alpha value is -2.02. The summed E-state index contributed by atoms with van der Waals surface area (Å²) < 4.78 is 64.4. The van der Waals surface area contributed by atoms with Crippen molar-refractivity contribution in [2.75, 3.05) is 4.72 Å². The molecule has 0 bridgehead atoms. The average molecular weight is 287 g/mol. The van der Waals surface area contributed by atoms with Crippen LogP contribution >= 0.6 is 0 Å². The van der Waals surface area contributed by atoms with Crippen LogP contribution in [0, 0.1) is 17.5 Å². The Morgan fingerprint density at radius 1 is 0.895 bits per heavy atom. The van der Waals surface area contributed by atoms with E-state index in [0.29, 0.717) is 12.1 Å². The molecule has 0 aliphatic carbocycles. The second kappa shape index (κ2) is 4.93. The highest BCUT2D eigenvalue weighted by Crippen LogP contribution is 2.20. The van der Waals surface area contributed by atoms with Gasteiger partial charge in [-0.25, -0.2) is 21.6 Å². The molecule has 7 heteroatoms. The van der Waals surface area contributed by atoms with Gasteiger partial charge >= 0.3 is 0 Å². The fourth-order valence-electron chi connectivity index (χ4n) is 1.43. The van der Waals surface area contributed by atoms with Crippen molar-refractivity contribution in [3.8, 4) is 0 Å². The normalized spacial score (nSPS) is 11.3. The third-order valence-corrected chi connectivity index (χ3v) is 3.69. The van der Waals surface area contributed by atoms with Crippen molar-refractivity contribution in [1.29, 1.82) is 0 Å². The van der Waals surface area contributed by atoms with Gasteiger partial charge in [0.2, 0.25) is 0 Å². The highest BCUT2D eigenvalue weighted by Gasteiger charge is 2.16. The lowest BCUT2D eigenvalue weighted by Crippen LogP contribution is -2.13. The number of rotatable bonds is 3. The number of nitrogens with one attached hydrogen (secondary N) is 1. The average Bonchev–Trinajstić information content (AvgIpc) is 2.36. The van der Waals surface area contributed by atoms with Crippen LogP contribution in [0.15, 0.2) is 47.4 Å². The SMILES string of the molecule is O=S(=O)(Nc1cc(F)c(F)c(F)c1)c1ccccc1. The van der Waals surface area contributed by atoms with E-state index in [1.165, 1.54) is 24.3 Å². The topological polar surface area (TPSA) is 46.2 Å². The molecule has 0 saturated carbocycles. The van der Waals surface area contributed by atoms with E-state index in [2.05, 4.69) is 0 Å². The van der Waals surface area contributed by atoms with Crippen molar-refractivity contribution < 1.29 is 21.6 Å². The van der Waals surface area contributed by atoms with Crippen molar-refractivity contribution in [2.45, 2.75) is 4.90 Å². The minimum atomic E-state index is -3.97. The lowest BCUT2D eigenvalue weighted by atomic mass is 10.3. The predicted molar refractivity (Wildman–Crippen MR) is 63.6 cm³/mol. The zero-order chi connectivity index (χ0) is 14.0. The molecule has 0 radical (unpaired) electrons. The van der Waals surface area contributed by atoms with Gasteiger partial charge in [-0.2, -0.15) is 0 Å². The second-order valence-corrected chi connectivity index (χ2v) is 5.35. The number of hydrogen-bond donors (Lipinski definition) is 1. The predicted octanol–water partition coefficient (Wildman–Crippen LogP) is 2.90. The summed E-state index contributed by atoms with van der Waals surface area (Å²) in [4.78, 5) is -0.0693. The molecule has 2 aromatic rings. The maximum Gasteiger partial charge on any atom is 0.261 e. The zero-order valence-electron chi connectivity index (χ0n) is 9.40. The fourth-order valence-corrected chi connectivity index (χ4v) is 2.49. The van der Waals surface area contributed by atoms with Crippen LogP contribution in [0.5, 0.6) is 0 Å². The minimum absolute atomic E-state index is 0.0693. The van der Waals surface area contributed by atoms with E-state index in [0.717, 1.165) is 0 Å². The van der Waals surface area contributed by atoms with Crippen molar-refractivity contribution >= 4 is 15.7 Å². The van der Waals surface area contributed by atoms with Crippen molar-refractivity contribution in [2.24, 2.45) is 0 Å². The quantitative estimate of drug-likeness (QED) is 0.882. The van der Waals surface area contributed by atoms with Crippen molar-refractivity contribution in [3.05, 3.63) is 59.9 Å². The summed E-state index contributed by atoms with van der Waals surface area (Å²) in [5.74, 6) is -4.58. The van der Waals surface area contributed by atoms with Crippen LogP contribution in [0.3, 0.4) is 0 Å². The Morgan fingerprint density at radius 2 is 1.42 bits per heavy atom. The molecule has 0 spiro atoms. The van der Waals surface area contributed by atoms with Crippen LogP contribution in [0.1, 0.15) is 0 Å². The van der Waals surface area contributed by atoms with Gasteiger partial charge in [-0.05, 0) is 12.1 Å². The summed E-state index contributed by atoms with van der Waals surface area (Å²) in [5.41, 5.74) is -0.389. The van der Waals surface area contributed by atoms with Crippen LogP contribution in [0.4, 0.5) is 18.9 Å². The molecule has 1 N–H and O–H groups in total. The maximum absolute atomic E-state index is 13.0. The van der Waals surface area contributed by atoms with Crippen molar-refractivity contribution in [1.82, 2.24) is 0 Å². The molecule has 0 aliphatic rings. The molecule has 0 amide bonds. The van der Waals surface area contributed by atoms with Gasteiger partial charge in [0.1, 0.15) is 0 Å². The minimum Gasteiger partial charge on any atom is -0.279 e. The van der Waals surface area contributed by atoms with Gasteiger partial charge < -0.3 is 0 Å². The highest BCUT2D eigenvalue weighted by atomic mass is 32.2. The van der Waals surface area contributed by atoms with Crippen LogP contribution in [0.2, 0.25) is 0 Å². The number of halogens is 3. The first-order chi connectivity index (χ1) is 8.90.